The maximum Gasteiger partial charge on any atom is 0.274 e. The van der Waals surface area contributed by atoms with Gasteiger partial charge in [-0.1, -0.05) is 0 Å². The Morgan fingerprint density at radius 3 is 2.88 bits per heavy atom. The van der Waals surface area contributed by atoms with Crippen molar-refractivity contribution in [3.05, 3.63) is 46.8 Å². The molecule has 170 valence electrons. The summed E-state index contributed by atoms with van der Waals surface area (Å²) < 4.78 is 18.0. The fraction of sp³-hybridized carbons (Fsp3) is 0.478. The molecule has 10 heteroatoms. The predicted molar refractivity (Wildman–Crippen MR) is 118 cm³/mol. The van der Waals surface area contributed by atoms with Gasteiger partial charge in [-0.2, -0.15) is 15.5 Å². The lowest BCUT2D eigenvalue weighted by atomic mass is 9.97. The SMILES string of the molecule is C[C@@H]1CN(c2ccc(C#N)n3ncc(F)c23)Cc2c3c(nn21)C(=O)N(C1CCNCC1)CC3. The number of aromatic nitrogens is 4. The smallest absolute Gasteiger partial charge is 0.274 e. The van der Waals surface area contributed by atoms with E-state index in [2.05, 4.69) is 28.3 Å². The molecule has 0 aliphatic carbocycles. The van der Waals surface area contributed by atoms with E-state index in [0.717, 1.165) is 49.8 Å². The maximum absolute atomic E-state index is 14.7. The first kappa shape index (κ1) is 20.2. The summed E-state index contributed by atoms with van der Waals surface area (Å²) in [6.07, 6.45) is 3.88. The molecule has 1 fully saturated rings. The van der Waals surface area contributed by atoms with Crippen LogP contribution in [0.2, 0.25) is 0 Å². The molecule has 3 aliphatic rings. The van der Waals surface area contributed by atoms with Crippen LogP contribution >= 0.6 is 0 Å². The Hall–Kier alpha value is -3.45. The van der Waals surface area contributed by atoms with Crippen LogP contribution in [0.5, 0.6) is 0 Å². The standard InChI is InChI=1S/C23H25FN8O/c1-14-12-29(19-3-2-16(10-25)32-22(19)18(24)11-27-32)13-20-17-6-9-30(15-4-7-26-8-5-15)23(33)21(17)28-31(14)20/h2-3,11,14-15,26H,4-9,12-13H2,1H3/t14-/m1/s1. The number of pyridine rings is 1. The summed E-state index contributed by atoms with van der Waals surface area (Å²) in [5.41, 5.74) is 3.88. The Balaban J connectivity index is 1.36. The second kappa shape index (κ2) is 7.56. The normalized spacial score (nSPS) is 21.2. The van der Waals surface area contributed by atoms with Crippen LogP contribution in [0.1, 0.15) is 53.2 Å². The monoisotopic (exact) mass is 448 g/mol. The van der Waals surface area contributed by atoms with Crippen LogP contribution in [-0.2, 0) is 13.0 Å². The largest absolute Gasteiger partial charge is 0.362 e. The van der Waals surface area contributed by atoms with Crippen molar-refractivity contribution in [2.75, 3.05) is 31.1 Å². The fourth-order valence-corrected chi connectivity index (χ4v) is 5.62. The maximum atomic E-state index is 14.7. The van der Waals surface area contributed by atoms with Crippen LogP contribution in [0, 0.1) is 17.1 Å². The van der Waals surface area contributed by atoms with Gasteiger partial charge in [0.15, 0.2) is 11.5 Å². The second-order valence-corrected chi connectivity index (χ2v) is 9.15. The topological polar surface area (TPSA) is 94.5 Å². The van der Waals surface area contributed by atoms with Gasteiger partial charge in [-0.05, 0) is 51.4 Å². The highest BCUT2D eigenvalue weighted by Crippen LogP contribution is 2.35. The molecule has 0 aromatic carbocycles. The average molecular weight is 449 g/mol. The molecule has 3 aromatic heterocycles. The number of fused-ring (bicyclic) bond motifs is 4. The van der Waals surface area contributed by atoms with Gasteiger partial charge in [-0.3, -0.25) is 9.48 Å². The molecule has 1 amide bonds. The van der Waals surface area contributed by atoms with E-state index in [1.165, 1.54) is 4.52 Å². The van der Waals surface area contributed by atoms with E-state index in [1.54, 1.807) is 12.1 Å². The summed E-state index contributed by atoms with van der Waals surface area (Å²) in [7, 11) is 0. The first-order valence-corrected chi connectivity index (χ1v) is 11.5. The van der Waals surface area contributed by atoms with Gasteiger partial charge in [0.1, 0.15) is 17.3 Å². The number of carbonyl (C=O) groups is 1. The van der Waals surface area contributed by atoms with E-state index < -0.39 is 5.82 Å². The number of anilines is 1. The number of nitrogens with one attached hydrogen (secondary N) is 1. The highest BCUT2D eigenvalue weighted by molar-refractivity contribution is 5.95. The Kier molecular flexibility index (Phi) is 4.62. The van der Waals surface area contributed by atoms with Crippen molar-refractivity contribution in [2.24, 2.45) is 0 Å². The van der Waals surface area contributed by atoms with Gasteiger partial charge in [-0.15, -0.1) is 0 Å². The van der Waals surface area contributed by atoms with Crippen molar-refractivity contribution < 1.29 is 9.18 Å². The van der Waals surface area contributed by atoms with Crippen LogP contribution in [0.4, 0.5) is 10.1 Å². The van der Waals surface area contributed by atoms with Crippen LogP contribution in [0.15, 0.2) is 18.3 Å². The minimum Gasteiger partial charge on any atom is -0.362 e. The van der Waals surface area contributed by atoms with Gasteiger partial charge >= 0.3 is 0 Å². The number of hydrogen-bond donors (Lipinski definition) is 1. The van der Waals surface area contributed by atoms with E-state index in [0.29, 0.717) is 36.5 Å². The van der Waals surface area contributed by atoms with Crippen LogP contribution < -0.4 is 10.2 Å². The molecule has 6 rings (SSSR count). The number of nitrogens with zero attached hydrogens (tertiary/aromatic N) is 7. The van der Waals surface area contributed by atoms with E-state index in [1.807, 2.05) is 9.58 Å². The summed E-state index contributed by atoms with van der Waals surface area (Å²) in [4.78, 5) is 17.5. The summed E-state index contributed by atoms with van der Waals surface area (Å²) in [6, 6.07) is 5.81. The third-order valence-electron chi connectivity index (χ3n) is 7.23. The lowest BCUT2D eigenvalue weighted by Gasteiger charge is -2.37. The number of hydrogen-bond acceptors (Lipinski definition) is 6. The van der Waals surface area contributed by atoms with Crippen molar-refractivity contribution in [1.29, 1.82) is 5.26 Å². The predicted octanol–water partition coefficient (Wildman–Crippen LogP) is 1.87. The van der Waals surface area contributed by atoms with Crippen molar-refractivity contribution in [2.45, 2.75) is 44.8 Å². The molecule has 1 atom stereocenters. The van der Waals surface area contributed by atoms with E-state index in [9.17, 15) is 14.4 Å². The minimum atomic E-state index is -0.455. The number of rotatable bonds is 2. The molecule has 6 heterocycles. The van der Waals surface area contributed by atoms with Gasteiger partial charge in [0.05, 0.1) is 30.2 Å². The molecule has 33 heavy (non-hydrogen) atoms. The Bertz CT molecular complexity index is 1300. The molecule has 3 aliphatic heterocycles. The molecule has 0 bridgehead atoms. The Labute approximate surface area is 190 Å². The molecule has 0 saturated carbocycles. The third-order valence-corrected chi connectivity index (χ3v) is 7.23. The summed E-state index contributed by atoms with van der Waals surface area (Å²) >= 11 is 0. The summed E-state index contributed by atoms with van der Waals surface area (Å²) in [5.74, 6) is -0.421. The van der Waals surface area contributed by atoms with E-state index in [4.69, 9.17) is 5.10 Å². The molecule has 1 N–H and O–H groups in total. The number of nitriles is 1. The highest BCUT2D eigenvalue weighted by Gasteiger charge is 2.38. The van der Waals surface area contributed by atoms with Gasteiger partial charge in [0.25, 0.3) is 5.91 Å². The molecule has 0 radical (unpaired) electrons. The zero-order valence-electron chi connectivity index (χ0n) is 18.5. The zero-order valence-corrected chi connectivity index (χ0v) is 18.5. The quantitative estimate of drug-likeness (QED) is 0.643. The molecule has 1 saturated heterocycles. The number of amides is 1. The minimum absolute atomic E-state index is 0.0150. The second-order valence-electron chi connectivity index (χ2n) is 9.15. The third kappa shape index (κ3) is 3.03. The summed E-state index contributed by atoms with van der Waals surface area (Å²) in [5, 5.41) is 21.6. The van der Waals surface area contributed by atoms with Crippen molar-refractivity contribution in [3.8, 4) is 6.07 Å². The summed E-state index contributed by atoms with van der Waals surface area (Å²) in [6.45, 7) is 5.80. The fourth-order valence-electron chi connectivity index (χ4n) is 5.62. The van der Waals surface area contributed by atoms with Crippen LogP contribution in [0.3, 0.4) is 0 Å². The lowest BCUT2D eigenvalue weighted by Crippen LogP contribution is -2.49. The van der Waals surface area contributed by atoms with E-state index in [-0.39, 0.29) is 23.7 Å². The molecular formula is C23H25FN8O. The Morgan fingerprint density at radius 2 is 2.09 bits per heavy atom. The van der Waals surface area contributed by atoms with Gasteiger partial charge in [0.2, 0.25) is 0 Å². The van der Waals surface area contributed by atoms with Crippen LogP contribution in [0.25, 0.3) is 5.52 Å². The molecule has 0 spiro atoms. The first-order chi connectivity index (χ1) is 16.1. The zero-order chi connectivity index (χ0) is 22.7. The lowest BCUT2D eigenvalue weighted by molar-refractivity contribution is 0.0616. The number of carbonyl (C=O) groups excluding carboxylic acids is 1. The highest BCUT2D eigenvalue weighted by atomic mass is 19.1. The molecular weight excluding hydrogens is 423 g/mol. The van der Waals surface area contributed by atoms with Gasteiger partial charge in [-0.25, -0.2) is 8.91 Å². The van der Waals surface area contributed by atoms with Gasteiger partial charge < -0.3 is 15.1 Å². The number of piperidine rings is 1. The van der Waals surface area contributed by atoms with Crippen LogP contribution in [-0.4, -0.2) is 62.4 Å². The molecule has 0 unspecified atom stereocenters. The van der Waals surface area contributed by atoms with Crippen molar-refractivity contribution in [1.82, 2.24) is 29.6 Å². The number of halogens is 1. The van der Waals surface area contributed by atoms with Crippen molar-refractivity contribution >= 4 is 17.1 Å². The van der Waals surface area contributed by atoms with Crippen molar-refractivity contribution in [3.63, 3.8) is 0 Å². The average Bonchev–Trinajstić information content (AvgIpc) is 3.41. The molecule has 9 nitrogen and oxygen atoms in total. The molecule has 3 aromatic rings. The first-order valence-electron chi connectivity index (χ1n) is 11.5. The van der Waals surface area contributed by atoms with E-state index >= 15 is 0 Å². The Morgan fingerprint density at radius 1 is 1.27 bits per heavy atom. The van der Waals surface area contributed by atoms with Gasteiger partial charge in [0, 0.05) is 24.7 Å².